The minimum Gasteiger partial charge on any atom is -0.549 e. The molecule has 0 atom stereocenters. The maximum absolute atomic E-state index is 9.25. The average molecular weight is 389 g/mol. The van der Waals surface area contributed by atoms with Gasteiger partial charge in [-0.15, -0.1) is 0 Å². The Morgan fingerprint density at radius 2 is 2.00 bits per heavy atom. The van der Waals surface area contributed by atoms with E-state index in [0.717, 1.165) is 0 Å². The molecule has 2 nitrogen and oxygen atoms in total. The van der Waals surface area contributed by atoms with Gasteiger partial charge in [0, 0.05) is 4.43 Å². The van der Waals surface area contributed by atoms with Crippen LogP contribution in [0, 0.1) is 0 Å². The normalized spacial score (nSPS) is 6.17. The summed E-state index contributed by atoms with van der Waals surface area (Å²) in [4.78, 5) is 9.25. The number of halogens is 1. The Bertz CT molecular complexity index is 46.8. The zero-order chi connectivity index (χ0) is 4.28. The molecule has 0 aliphatic rings. The van der Waals surface area contributed by atoms with Gasteiger partial charge in [0.05, 0.1) is 5.97 Å². The second-order valence-electron chi connectivity index (χ2n) is 0.506. The summed E-state index contributed by atoms with van der Waals surface area (Å²) >= 11 is 1.72. The first-order valence-electron chi connectivity index (χ1n) is 1.03. The first-order chi connectivity index (χ1) is 2.27. The van der Waals surface area contributed by atoms with Crippen LogP contribution in [0.3, 0.4) is 0 Å². The van der Waals surface area contributed by atoms with E-state index in [1.54, 1.807) is 22.6 Å². The SMILES string of the molecule is O=C([O-])CI.[Tl+]. The Morgan fingerprint density at radius 1 is 1.83 bits per heavy atom. The second kappa shape index (κ2) is 6.12. The molecule has 0 spiro atoms. The second-order valence-corrected chi connectivity index (χ2v) is 1.27. The van der Waals surface area contributed by atoms with E-state index in [4.69, 9.17) is 0 Å². The van der Waals surface area contributed by atoms with E-state index in [1.165, 1.54) is 0 Å². The van der Waals surface area contributed by atoms with Gasteiger partial charge in [0.25, 0.3) is 0 Å². The number of rotatable bonds is 1. The maximum Gasteiger partial charge on any atom is 1.00 e. The maximum atomic E-state index is 9.25. The van der Waals surface area contributed by atoms with Crippen molar-refractivity contribution in [2.45, 2.75) is 0 Å². The van der Waals surface area contributed by atoms with Crippen molar-refractivity contribution in [1.29, 1.82) is 0 Å². The molecule has 0 aromatic heterocycles. The summed E-state index contributed by atoms with van der Waals surface area (Å²) in [5.41, 5.74) is 0. The summed E-state index contributed by atoms with van der Waals surface area (Å²) in [6.07, 6.45) is 0. The third-order valence-corrected chi connectivity index (χ3v) is 0.732. The smallest absolute Gasteiger partial charge is 0.549 e. The molecule has 0 amide bonds. The molecule has 0 saturated carbocycles. The fourth-order valence-electron chi connectivity index (χ4n) is 0. The summed E-state index contributed by atoms with van der Waals surface area (Å²) in [7, 11) is 0. The summed E-state index contributed by atoms with van der Waals surface area (Å²) in [6.45, 7) is 0. The summed E-state index contributed by atoms with van der Waals surface area (Å²) in [5, 5.41) is 9.25. The predicted octanol–water partition coefficient (Wildman–Crippen LogP) is -1.21. The number of carbonyl (C=O) groups excluding carboxylic acids is 1. The van der Waals surface area contributed by atoms with Crippen LogP contribution < -0.4 is 5.11 Å². The van der Waals surface area contributed by atoms with Gasteiger partial charge >= 0.3 is 27.3 Å². The molecule has 0 rings (SSSR count). The van der Waals surface area contributed by atoms with Crippen LogP contribution in [0.25, 0.3) is 0 Å². The third kappa shape index (κ3) is 8.93. The molecule has 6 heavy (non-hydrogen) atoms. The minimum absolute atomic E-state index is 0. The molecule has 0 radical (unpaired) electrons. The number of carbonyl (C=O) groups is 1. The molecular formula is C2H2IO2Tl. The molecule has 0 bridgehead atoms. The van der Waals surface area contributed by atoms with E-state index in [0.29, 0.717) is 0 Å². The Balaban J connectivity index is 0. The Hall–Kier alpha value is 1.12. The standard InChI is InChI=1S/C2H3IO2.Tl/c3-1-2(4)5;/h1H2,(H,4,5);/q;+1/p-1. The van der Waals surface area contributed by atoms with Crippen LogP contribution in [0.2, 0.25) is 0 Å². The molecule has 0 N–H and O–H groups in total. The molecule has 0 aromatic rings. The van der Waals surface area contributed by atoms with Crippen molar-refractivity contribution < 1.29 is 9.90 Å². The van der Waals surface area contributed by atoms with E-state index >= 15 is 0 Å². The zero-order valence-electron chi connectivity index (χ0n) is 2.98. The van der Waals surface area contributed by atoms with E-state index in [2.05, 4.69) is 0 Å². The van der Waals surface area contributed by atoms with Gasteiger partial charge in [-0.2, -0.15) is 0 Å². The fourth-order valence-corrected chi connectivity index (χ4v) is 0. The number of hydrogen-bond donors (Lipinski definition) is 0. The van der Waals surface area contributed by atoms with Crippen LogP contribution in [0.5, 0.6) is 0 Å². The monoisotopic (exact) mass is 390 g/mol. The fraction of sp³-hybridized carbons (Fsp3) is 0.500. The van der Waals surface area contributed by atoms with Crippen LogP contribution in [-0.2, 0) is 4.79 Å². The van der Waals surface area contributed by atoms with Crippen LogP contribution in [0.1, 0.15) is 0 Å². The summed E-state index contributed by atoms with van der Waals surface area (Å²) < 4.78 is 0.0811. The molecule has 0 fully saturated rings. The van der Waals surface area contributed by atoms with E-state index in [1.807, 2.05) is 0 Å². The first-order valence-corrected chi connectivity index (χ1v) is 2.55. The third-order valence-electron chi connectivity index (χ3n) is 0.109. The van der Waals surface area contributed by atoms with Crippen molar-refractivity contribution >= 4 is 55.9 Å². The number of carboxylic acids is 1. The molecule has 0 heterocycles. The quantitative estimate of drug-likeness (QED) is 0.321. The average Bonchev–Trinajstić information content (AvgIpc) is 1.38. The van der Waals surface area contributed by atoms with E-state index in [-0.39, 0.29) is 31.7 Å². The molecule has 4 heteroatoms. The van der Waals surface area contributed by atoms with E-state index < -0.39 is 5.97 Å². The summed E-state index contributed by atoms with van der Waals surface area (Å²) in [5.74, 6) is -1.01. The van der Waals surface area contributed by atoms with Crippen LogP contribution in [0.4, 0.5) is 0 Å². The first kappa shape index (κ1) is 10.2. The molecule has 32 valence electrons. The number of carboxylic acid groups (broad SMARTS) is 1. The van der Waals surface area contributed by atoms with Crippen LogP contribution >= 0.6 is 22.6 Å². The van der Waals surface area contributed by atoms with Crippen LogP contribution in [0.15, 0.2) is 0 Å². The Kier molecular flexibility index (Phi) is 10.4. The predicted molar refractivity (Wildman–Crippen MR) is 29.6 cm³/mol. The minimum atomic E-state index is -1.01. The summed E-state index contributed by atoms with van der Waals surface area (Å²) in [6, 6.07) is 0. The molecule has 0 aliphatic heterocycles. The van der Waals surface area contributed by atoms with Gasteiger partial charge in [-0.05, 0) is 0 Å². The largest absolute Gasteiger partial charge is 1.00 e. The van der Waals surface area contributed by atoms with Gasteiger partial charge in [0.2, 0.25) is 0 Å². The van der Waals surface area contributed by atoms with E-state index in [9.17, 15) is 9.90 Å². The Labute approximate surface area is 69.6 Å². The van der Waals surface area contributed by atoms with Crippen molar-refractivity contribution in [3.8, 4) is 0 Å². The van der Waals surface area contributed by atoms with Crippen molar-refractivity contribution in [2.24, 2.45) is 0 Å². The van der Waals surface area contributed by atoms with Crippen molar-refractivity contribution in [1.82, 2.24) is 0 Å². The Morgan fingerprint density at radius 3 is 2.00 bits per heavy atom. The molecular weight excluding hydrogens is 387 g/mol. The molecule has 0 aliphatic carbocycles. The van der Waals surface area contributed by atoms with Crippen molar-refractivity contribution in [3.63, 3.8) is 0 Å². The number of alkyl halides is 1. The number of aliphatic carboxylic acids is 1. The van der Waals surface area contributed by atoms with Gasteiger partial charge in [-0.3, -0.25) is 0 Å². The van der Waals surface area contributed by atoms with Crippen molar-refractivity contribution in [3.05, 3.63) is 0 Å². The topological polar surface area (TPSA) is 40.1 Å². The van der Waals surface area contributed by atoms with Crippen molar-refractivity contribution in [2.75, 3.05) is 4.43 Å². The van der Waals surface area contributed by atoms with Gasteiger partial charge in [-0.25, -0.2) is 0 Å². The molecule has 0 saturated heterocycles. The number of hydrogen-bond acceptors (Lipinski definition) is 2. The van der Waals surface area contributed by atoms with Gasteiger partial charge in [0.15, 0.2) is 0 Å². The molecule has 0 unspecified atom stereocenters. The molecule has 0 aromatic carbocycles. The van der Waals surface area contributed by atoms with Gasteiger partial charge in [0.1, 0.15) is 0 Å². The van der Waals surface area contributed by atoms with Crippen LogP contribution in [-0.4, -0.2) is 37.7 Å². The van der Waals surface area contributed by atoms with Gasteiger partial charge < -0.3 is 9.90 Å². The van der Waals surface area contributed by atoms with Gasteiger partial charge in [-0.1, -0.05) is 22.6 Å². The zero-order valence-corrected chi connectivity index (χ0v) is 9.63.